The van der Waals surface area contributed by atoms with E-state index in [4.69, 9.17) is 4.52 Å². The number of nitrogens with zero attached hydrogens (tertiary/aromatic N) is 4. The van der Waals surface area contributed by atoms with Crippen LogP contribution in [0, 0.1) is 5.92 Å². The average molecular weight is 331 g/mol. The molecule has 0 spiro atoms. The third-order valence-electron chi connectivity index (χ3n) is 4.02. The van der Waals surface area contributed by atoms with Crippen molar-refractivity contribution < 1.29 is 9.32 Å². The molecule has 8 heteroatoms. The van der Waals surface area contributed by atoms with Crippen LogP contribution >= 0.6 is 0 Å². The fourth-order valence-corrected chi connectivity index (χ4v) is 2.90. The summed E-state index contributed by atoms with van der Waals surface area (Å²) in [5.41, 5.74) is -0.182. The second-order valence-corrected chi connectivity index (χ2v) is 6.55. The van der Waals surface area contributed by atoms with Crippen LogP contribution in [0.15, 0.2) is 21.7 Å². The molecule has 1 aliphatic heterocycles. The summed E-state index contributed by atoms with van der Waals surface area (Å²) in [5.74, 6) is 1.55. The number of piperidine rings is 1. The van der Waals surface area contributed by atoms with Crippen molar-refractivity contribution >= 4 is 5.91 Å². The molecule has 3 rings (SSSR count). The first-order chi connectivity index (χ1) is 11.5. The Morgan fingerprint density at radius 3 is 3.04 bits per heavy atom. The molecule has 2 aromatic heterocycles. The number of carbonyl (C=O) groups is 1. The molecule has 1 fully saturated rings. The number of H-pyrrole nitrogens is 1. The Morgan fingerprint density at radius 2 is 2.29 bits per heavy atom. The van der Waals surface area contributed by atoms with Crippen molar-refractivity contribution in [3.63, 3.8) is 0 Å². The van der Waals surface area contributed by atoms with Gasteiger partial charge in [-0.15, -0.1) is 0 Å². The van der Waals surface area contributed by atoms with E-state index < -0.39 is 0 Å². The van der Waals surface area contributed by atoms with Crippen LogP contribution in [0.25, 0.3) is 0 Å². The summed E-state index contributed by atoms with van der Waals surface area (Å²) in [7, 11) is 0. The van der Waals surface area contributed by atoms with E-state index in [1.807, 2.05) is 0 Å². The highest BCUT2D eigenvalue weighted by molar-refractivity contribution is 5.92. The summed E-state index contributed by atoms with van der Waals surface area (Å²) < 4.78 is 5.39. The molecule has 24 heavy (non-hydrogen) atoms. The predicted molar refractivity (Wildman–Crippen MR) is 85.6 cm³/mol. The van der Waals surface area contributed by atoms with Gasteiger partial charge in [-0.05, 0) is 18.8 Å². The van der Waals surface area contributed by atoms with Crippen LogP contribution in [-0.2, 0) is 6.42 Å². The van der Waals surface area contributed by atoms with Crippen LogP contribution in [0.5, 0.6) is 0 Å². The number of likely N-dealkylation sites (tertiary alicyclic amines) is 1. The predicted octanol–water partition coefficient (Wildman–Crippen LogP) is 1.37. The summed E-state index contributed by atoms with van der Waals surface area (Å²) in [6, 6.07) is 0. The van der Waals surface area contributed by atoms with Gasteiger partial charge in [-0.3, -0.25) is 14.6 Å². The zero-order valence-electron chi connectivity index (χ0n) is 13.9. The van der Waals surface area contributed by atoms with Crippen LogP contribution in [0.4, 0.5) is 0 Å². The number of rotatable bonds is 4. The van der Waals surface area contributed by atoms with E-state index in [1.54, 1.807) is 4.90 Å². The normalized spacial score (nSPS) is 18.1. The Labute approximate surface area is 139 Å². The summed E-state index contributed by atoms with van der Waals surface area (Å²) in [6.07, 6.45) is 5.04. The van der Waals surface area contributed by atoms with Crippen LogP contribution in [0.1, 0.15) is 54.8 Å². The molecule has 0 aliphatic carbocycles. The molecule has 1 saturated heterocycles. The van der Waals surface area contributed by atoms with Gasteiger partial charge >= 0.3 is 0 Å². The van der Waals surface area contributed by atoms with E-state index in [0.29, 0.717) is 30.7 Å². The van der Waals surface area contributed by atoms with Crippen molar-refractivity contribution in [3.05, 3.63) is 40.2 Å². The fourth-order valence-electron chi connectivity index (χ4n) is 2.90. The first-order valence-corrected chi connectivity index (χ1v) is 8.19. The number of nitrogens with one attached hydrogen (secondary N) is 1. The van der Waals surface area contributed by atoms with Crippen molar-refractivity contribution in [3.8, 4) is 0 Å². The molecular weight excluding hydrogens is 310 g/mol. The SMILES string of the molecule is CC(C)Cc1noc(C2CCCN(C(=O)c3cncc(=O)[nH]3)C2)n1. The van der Waals surface area contributed by atoms with E-state index >= 15 is 0 Å². The largest absolute Gasteiger partial charge is 0.339 e. The van der Waals surface area contributed by atoms with Crippen molar-refractivity contribution in [1.82, 2.24) is 25.0 Å². The maximum Gasteiger partial charge on any atom is 0.272 e. The highest BCUT2D eigenvalue weighted by atomic mass is 16.5. The Kier molecular flexibility index (Phi) is 4.73. The Hall–Kier alpha value is -2.51. The number of amides is 1. The Balaban J connectivity index is 1.71. The zero-order valence-corrected chi connectivity index (χ0v) is 13.9. The molecule has 1 N–H and O–H groups in total. The van der Waals surface area contributed by atoms with E-state index in [0.717, 1.165) is 25.5 Å². The van der Waals surface area contributed by atoms with Gasteiger partial charge in [-0.25, -0.2) is 0 Å². The molecule has 1 atom stereocenters. The minimum Gasteiger partial charge on any atom is -0.339 e. The maximum atomic E-state index is 12.5. The van der Waals surface area contributed by atoms with Gasteiger partial charge in [0.25, 0.3) is 11.5 Å². The molecule has 1 amide bonds. The average Bonchev–Trinajstić information content (AvgIpc) is 3.02. The molecule has 0 radical (unpaired) electrons. The van der Waals surface area contributed by atoms with Gasteiger partial charge in [0.05, 0.1) is 18.3 Å². The molecule has 0 bridgehead atoms. The summed E-state index contributed by atoms with van der Waals surface area (Å²) >= 11 is 0. The molecule has 0 saturated carbocycles. The van der Waals surface area contributed by atoms with Gasteiger partial charge in [0.1, 0.15) is 5.69 Å². The lowest BCUT2D eigenvalue weighted by Gasteiger charge is -2.30. The second-order valence-electron chi connectivity index (χ2n) is 6.55. The van der Waals surface area contributed by atoms with Crippen molar-refractivity contribution in [2.75, 3.05) is 13.1 Å². The molecular formula is C16H21N5O3. The third kappa shape index (κ3) is 3.69. The number of aromatic nitrogens is 4. The fraction of sp³-hybridized carbons (Fsp3) is 0.562. The molecule has 2 aromatic rings. The molecule has 8 nitrogen and oxygen atoms in total. The lowest BCUT2D eigenvalue weighted by molar-refractivity contribution is 0.0689. The van der Waals surface area contributed by atoms with Gasteiger partial charge in [0.2, 0.25) is 5.89 Å². The highest BCUT2D eigenvalue weighted by Crippen LogP contribution is 2.26. The van der Waals surface area contributed by atoms with Crippen LogP contribution in [0.2, 0.25) is 0 Å². The van der Waals surface area contributed by atoms with E-state index in [1.165, 1.54) is 6.20 Å². The summed E-state index contributed by atoms with van der Waals surface area (Å²) in [5, 5.41) is 4.02. The van der Waals surface area contributed by atoms with Crippen molar-refractivity contribution in [2.24, 2.45) is 5.92 Å². The Bertz CT molecular complexity index is 767. The van der Waals surface area contributed by atoms with Crippen LogP contribution < -0.4 is 5.56 Å². The molecule has 1 aliphatic rings. The Morgan fingerprint density at radius 1 is 1.46 bits per heavy atom. The quantitative estimate of drug-likeness (QED) is 0.907. The number of hydrogen-bond donors (Lipinski definition) is 1. The van der Waals surface area contributed by atoms with E-state index in [-0.39, 0.29) is 23.1 Å². The first kappa shape index (κ1) is 16.4. The molecule has 3 heterocycles. The van der Waals surface area contributed by atoms with Gasteiger partial charge in [0.15, 0.2) is 5.82 Å². The molecule has 1 unspecified atom stereocenters. The van der Waals surface area contributed by atoms with Crippen molar-refractivity contribution in [2.45, 2.75) is 39.0 Å². The minimum absolute atomic E-state index is 0.0273. The van der Waals surface area contributed by atoms with Crippen LogP contribution in [-0.4, -0.2) is 44.0 Å². The lowest BCUT2D eigenvalue weighted by Crippen LogP contribution is -2.40. The summed E-state index contributed by atoms with van der Waals surface area (Å²) in [4.78, 5) is 36.3. The first-order valence-electron chi connectivity index (χ1n) is 8.19. The number of aromatic amines is 1. The van der Waals surface area contributed by atoms with E-state index in [9.17, 15) is 9.59 Å². The second kappa shape index (κ2) is 6.94. The number of hydrogen-bond acceptors (Lipinski definition) is 6. The van der Waals surface area contributed by atoms with E-state index in [2.05, 4.69) is 34.0 Å². The topological polar surface area (TPSA) is 105 Å². The smallest absolute Gasteiger partial charge is 0.272 e. The maximum absolute atomic E-state index is 12.5. The molecule has 128 valence electrons. The monoisotopic (exact) mass is 331 g/mol. The highest BCUT2D eigenvalue weighted by Gasteiger charge is 2.29. The van der Waals surface area contributed by atoms with Gasteiger partial charge < -0.3 is 14.4 Å². The zero-order chi connectivity index (χ0) is 17.1. The van der Waals surface area contributed by atoms with Gasteiger partial charge in [0, 0.05) is 19.5 Å². The number of carbonyl (C=O) groups excluding carboxylic acids is 1. The van der Waals surface area contributed by atoms with Crippen molar-refractivity contribution in [1.29, 1.82) is 0 Å². The van der Waals surface area contributed by atoms with Gasteiger partial charge in [-0.1, -0.05) is 19.0 Å². The lowest BCUT2D eigenvalue weighted by atomic mass is 9.97. The van der Waals surface area contributed by atoms with Crippen LogP contribution in [0.3, 0.4) is 0 Å². The standard InChI is InChI=1S/C16H21N5O3/c1-10(2)6-13-19-15(24-20-13)11-4-3-5-21(9-11)16(23)12-7-17-8-14(22)18-12/h7-8,10-11H,3-6,9H2,1-2H3,(H,18,22). The minimum atomic E-state index is -0.385. The molecule has 0 aromatic carbocycles. The van der Waals surface area contributed by atoms with Gasteiger partial charge in [-0.2, -0.15) is 4.98 Å². The third-order valence-corrected chi connectivity index (χ3v) is 4.02. The summed E-state index contributed by atoms with van der Waals surface area (Å²) in [6.45, 7) is 5.34.